The topological polar surface area (TPSA) is 136 Å². The van der Waals surface area contributed by atoms with E-state index in [1.54, 1.807) is 146 Å². The summed E-state index contributed by atoms with van der Waals surface area (Å²) in [5.74, 6) is 1.02. The average molecular weight is 755 g/mol. The zero-order valence-corrected chi connectivity index (χ0v) is 29.8. The molecule has 0 N–H and O–H groups in total. The van der Waals surface area contributed by atoms with E-state index in [2.05, 4.69) is 0 Å². The van der Waals surface area contributed by atoms with Gasteiger partial charge in [-0.1, -0.05) is 48.6 Å². The second-order valence-electron chi connectivity index (χ2n) is 10.8. The van der Waals surface area contributed by atoms with Crippen molar-refractivity contribution in [2.75, 3.05) is 13.2 Å². The van der Waals surface area contributed by atoms with Crippen LogP contribution in [0, 0.1) is 0 Å². The molecule has 0 fully saturated rings. The predicted octanol–water partition coefficient (Wildman–Crippen LogP) is 6.76. The van der Waals surface area contributed by atoms with Gasteiger partial charge >= 0.3 is 29.0 Å². The summed E-state index contributed by atoms with van der Waals surface area (Å²) in [6.45, 7) is 4.91. The summed E-state index contributed by atoms with van der Waals surface area (Å²) in [7, 11) is 0. The molecular weight excluding hydrogens is 720 g/mol. The molecular formula is C42H34FeO10. The SMILES string of the molecule is CCOc1ccc(C(=O)Oc2ccc(OC([O-])=C3C=CC=C3)cc2)cc1.CCOc1ccc(C(=O)Oc2ccc(OC([O-])=C3C=CC=C3)cc2)cc1.[Fe+2]. The molecule has 0 amide bonds. The second kappa shape index (κ2) is 19.8. The van der Waals surface area contributed by atoms with Crippen LogP contribution in [0.25, 0.3) is 0 Å². The first-order chi connectivity index (χ1) is 25.3. The van der Waals surface area contributed by atoms with Crippen LogP contribution in [0.4, 0.5) is 0 Å². The van der Waals surface area contributed by atoms with E-state index in [1.807, 2.05) is 13.8 Å². The molecule has 0 atom stereocenters. The van der Waals surface area contributed by atoms with Crippen LogP contribution >= 0.6 is 0 Å². The number of hydrogen-bond acceptors (Lipinski definition) is 10. The Kier molecular flexibility index (Phi) is 14.7. The van der Waals surface area contributed by atoms with Gasteiger partial charge in [0.1, 0.15) is 23.0 Å². The molecule has 0 unspecified atom stereocenters. The van der Waals surface area contributed by atoms with Gasteiger partial charge in [0.15, 0.2) is 0 Å². The molecule has 0 radical (unpaired) electrons. The van der Waals surface area contributed by atoms with E-state index in [1.165, 1.54) is 0 Å². The Morgan fingerprint density at radius 3 is 0.981 bits per heavy atom. The van der Waals surface area contributed by atoms with Crippen molar-refractivity contribution in [2.24, 2.45) is 0 Å². The van der Waals surface area contributed by atoms with Crippen molar-refractivity contribution in [3.63, 3.8) is 0 Å². The van der Waals surface area contributed by atoms with Crippen LogP contribution in [-0.2, 0) is 17.1 Å². The van der Waals surface area contributed by atoms with Gasteiger partial charge < -0.3 is 38.6 Å². The Morgan fingerprint density at radius 2 is 0.698 bits per heavy atom. The van der Waals surface area contributed by atoms with Gasteiger partial charge in [0.25, 0.3) is 0 Å². The maximum atomic E-state index is 12.2. The minimum absolute atomic E-state index is 0. The Morgan fingerprint density at radius 1 is 0.434 bits per heavy atom. The van der Waals surface area contributed by atoms with Gasteiger partial charge in [0.2, 0.25) is 0 Å². The van der Waals surface area contributed by atoms with Crippen LogP contribution in [0.15, 0.2) is 169 Å². The zero-order chi connectivity index (χ0) is 36.7. The molecule has 0 bridgehead atoms. The minimum atomic E-state index is -0.477. The van der Waals surface area contributed by atoms with Crippen molar-refractivity contribution in [2.45, 2.75) is 13.8 Å². The molecule has 4 aromatic carbocycles. The fourth-order valence-electron chi connectivity index (χ4n) is 4.54. The Labute approximate surface area is 317 Å². The van der Waals surface area contributed by atoms with E-state index < -0.39 is 23.8 Å². The van der Waals surface area contributed by atoms with E-state index in [-0.39, 0.29) is 17.1 Å². The number of carbonyl (C=O) groups excluding carboxylic acids is 2. The third kappa shape index (κ3) is 11.8. The van der Waals surface area contributed by atoms with Crippen molar-refractivity contribution in [1.29, 1.82) is 0 Å². The quantitative estimate of drug-likeness (QED) is 0.0661. The van der Waals surface area contributed by atoms with Gasteiger partial charge in [-0.05, 0) is 122 Å². The molecule has 2 aliphatic rings. The Bertz CT molecular complexity index is 1840. The maximum Gasteiger partial charge on any atom is 2.00 e. The number of esters is 2. The van der Waals surface area contributed by atoms with E-state index in [4.69, 9.17) is 28.4 Å². The third-order valence-corrected chi connectivity index (χ3v) is 7.09. The summed E-state index contributed by atoms with van der Waals surface area (Å²) in [5, 5.41) is 23.8. The van der Waals surface area contributed by atoms with Gasteiger partial charge in [-0.2, -0.15) is 0 Å². The fourth-order valence-corrected chi connectivity index (χ4v) is 4.54. The standard InChI is InChI=1S/2C21H18O5.Fe/c2*1-2-24-17-9-7-16(8-10-17)21(23)26-19-13-11-18(12-14-19)25-20(22)15-5-3-4-6-15;/h2*3-14,22H,2H2,1H3;/q;;+2/p-2. The number of benzene rings is 4. The molecule has 4 aromatic rings. The summed E-state index contributed by atoms with van der Waals surface area (Å²) >= 11 is 0. The average Bonchev–Trinajstić information content (AvgIpc) is 3.91. The van der Waals surface area contributed by atoms with Gasteiger partial charge in [0.05, 0.1) is 36.2 Å². The largest absolute Gasteiger partial charge is 2.00 e. The summed E-state index contributed by atoms with van der Waals surface area (Å²) in [6, 6.07) is 26.0. The van der Waals surface area contributed by atoms with E-state index in [9.17, 15) is 19.8 Å². The van der Waals surface area contributed by atoms with Crippen molar-refractivity contribution >= 4 is 11.9 Å². The number of rotatable bonds is 12. The fraction of sp³-hybridized carbons (Fsp3) is 0.0952. The molecule has 6 rings (SSSR count). The number of carbonyl (C=O) groups is 2. The number of hydrogen-bond donors (Lipinski definition) is 0. The third-order valence-electron chi connectivity index (χ3n) is 7.09. The summed E-state index contributed by atoms with van der Waals surface area (Å²) in [6.07, 6.45) is 13.8. The molecule has 270 valence electrons. The summed E-state index contributed by atoms with van der Waals surface area (Å²) in [4.78, 5) is 24.3. The molecule has 10 nitrogen and oxygen atoms in total. The van der Waals surface area contributed by atoms with Crippen LogP contribution in [0.1, 0.15) is 34.6 Å². The van der Waals surface area contributed by atoms with Gasteiger partial charge in [-0.25, -0.2) is 9.59 Å². The van der Waals surface area contributed by atoms with Gasteiger partial charge in [0, 0.05) is 11.5 Å². The Balaban J connectivity index is 0.000000232. The van der Waals surface area contributed by atoms with Gasteiger partial charge in [-0.15, -0.1) is 0 Å². The maximum absolute atomic E-state index is 12.2. The minimum Gasteiger partial charge on any atom is -0.579 e. The molecule has 0 aromatic heterocycles. The molecule has 2 aliphatic carbocycles. The van der Waals surface area contributed by atoms with Crippen molar-refractivity contribution < 1.29 is 65.3 Å². The second-order valence-corrected chi connectivity index (χ2v) is 10.8. The van der Waals surface area contributed by atoms with E-state index in [0.29, 0.717) is 70.0 Å². The van der Waals surface area contributed by atoms with Crippen LogP contribution in [0.5, 0.6) is 34.5 Å². The first-order valence-electron chi connectivity index (χ1n) is 16.3. The Hall–Kier alpha value is -6.42. The van der Waals surface area contributed by atoms with Crippen molar-refractivity contribution in [3.8, 4) is 34.5 Å². The molecule has 0 heterocycles. The van der Waals surface area contributed by atoms with E-state index >= 15 is 0 Å². The number of allylic oxidation sites excluding steroid dienone is 10. The molecule has 0 spiro atoms. The molecule has 11 heteroatoms. The molecule has 0 saturated heterocycles. The van der Waals surface area contributed by atoms with Gasteiger partial charge in [-0.3, -0.25) is 0 Å². The molecule has 0 saturated carbocycles. The van der Waals surface area contributed by atoms with E-state index in [0.717, 1.165) is 0 Å². The first-order valence-corrected chi connectivity index (χ1v) is 16.3. The van der Waals surface area contributed by atoms with Crippen LogP contribution < -0.4 is 38.6 Å². The normalized spacial score (nSPS) is 11.9. The van der Waals surface area contributed by atoms with Crippen LogP contribution in [-0.4, -0.2) is 25.2 Å². The predicted molar refractivity (Wildman–Crippen MR) is 190 cm³/mol. The molecule has 53 heavy (non-hydrogen) atoms. The number of ether oxygens (including phenoxy) is 6. The van der Waals surface area contributed by atoms with Crippen LogP contribution in [0.3, 0.4) is 0 Å². The summed E-state index contributed by atoms with van der Waals surface area (Å²) in [5.41, 5.74) is 1.80. The molecule has 0 aliphatic heterocycles. The van der Waals surface area contributed by atoms with Crippen molar-refractivity contribution in [3.05, 3.63) is 180 Å². The summed E-state index contributed by atoms with van der Waals surface area (Å²) < 4.78 is 31.8. The smallest absolute Gasteiger partial charge is 0.579 e. The zero-order valence-electron chi connectivity index (χ0n) is 28.7. The first kappa shape index (κ1) is 39.4. The monoisotopic (exact) mass is 754 g/mol. The van der Waals surface area contributed by atoms with Crippen LogP contribution in [0.2, 0.25) is 0 Å². The van der Waals surface area contributed by atoms with Crippen molar-refractivity contribution in [1.82, 2.24) is 0 Å².